The van der Waals surface area contributed by atoms with E-state index < -0.39 is 65.8 Å². The van der Waals surface area contributed by atoms with Crippen molar-refractivity contribution in [2.45, 2.75) is 77.6 Å². The molecule has 0 fully saturated rings. The predicted molar refractivity (Wildman–Crippen MR) is 177 cm³/mol. The normalized spacial score (nSPS) is 13.2. The summed E-state index contributed by atoms with van der Waals surface area (Å²) in [6, 6.07) is 7.73. The molecule has 0 saturated carbocycles. The van der Waals surface area contributed by atoms with E-state index >= 15 is 0 Å². The molecule has 3 aromatic rings. The van der Waals surface area contributed by atoms with Crippen LogP contribution < -0.4 is 21.7 Å². The second-order valence-electron chi connectivity index (χ2n) is 12.7. The van der Waals surface area contributed by atoms with Crippen molar-refractivity contribution >= 4 is 52.2 Å². The molecule has 0 bridgehead atoms. The fourth-order valence-corrected chi connectivity index (χ4v) is 4.97. The Morgan fingerprint density at radius 2 is 1.56 bits per heavy atom. The van der Waals surface area contributed by atoms with Crippen molar-refractivity contribution in [2.75, 3.05) is 12.4 Å². The highest BCUT2D eigenvalue weighted by molar-refractivity contribution is 6.10. The Morgan fingerprint density at radius 1 is 0.896 bits per heavy atom. The van der Waals surface area contributed by atoms with E-state index in [4.69, 9.17) is 15.2 Å². The largest absolute Gasteiger partial charge is 0.481 e. The third-order valence-corrected chi connectivity index (χ3v) is 7.13. The molecular formula is C34H43N5O9. The van der Waals surface area contributed by atoms with Crippen LogP contribution in [0, 0.1) is 5.92 Å². The van der Waals surface area contributed by atoms with Gasteiger partial charge in [0.05, 0.1) is 36.4 Å². The zero-order chi connectivity index (χ0) is 35.8. The van der Waals surface area contributed by atoms with E-state index in [1.807, 2.05) is 38.1 Å². The Kier molecular flexibility index (Phi) is 12.4. The lowest BCUT2D eigenvalue weighted by Gasteiger charge is -2.25. The number of carboxylic acids is 1. The van der Waals surface area contributed by atoms with Gasteiger partial charge in [0.15, 0.2) is 0 Å². The van der Waals surface area contributed by atoms with Gasteiger partial charge in [-0.15, -0.1) is 0 Å². The van der Waals surface area contributed by atoms with E-state index in [9.17, 15) is 33.9 Å². The summed E-state index contributed by atoms with van der Waals surface area (Å²) in [6.07, 6.45) is 1.27. The predicted octanol–water partition coefficient (Wildman–Crippen LogP) is 2.91. The SMILES string of the molecule is COC(=O)c1cccc(NC(=O)[C@H](CC(=O)O)NC(=O)[C@H](CC(C)C)NC(=O)[C@@H](N)Cc2c[nH]c3ccccc23)c1C(=O)OC(C)(C)C. The fourth-order valence-electron chi connectivity index (χ4n) is 4.97. The van der Waals surface area contributed by atoms with Crippen LogP contribution in [0.3, 0.4) is 0 Å². The van der Waals surface area contributed by atoms with Crippen molar-refractivity contribution in [2.24, 2.45) is 11.7 Å². The van der Waals surface area contributed by atoms with Crippen molar-refractivity contribution in [3.63, 3.8) is 0 Å². The number of carboxylic acid groups (broad SMARTS) is 1. The van der Waals surface area contributed by atoms with Gasteiger partial charge in [-0.25, -0.2) is 9.59 Å². The van der Waals surface area contributed by atoms with Crippen molar-refractivity contribution < 1.29 is 43.3 Å². The number of anilines is 1. The third kappa shape index (κ3) is 10.1. The molecule has 1 heterocycles. The summed E-state index contributed by atoms with van der Waals surface area (Å²) in [7, 11) is 1.12. The lowest BCUT2D eigenvalue weighted by Crippen LogP contribution is -2.56. The number of aliphatic carboxylic acids is 1. The average molecular weight is 666 g/mol. The number of fused-ring (bicyclic) bond motifs is 1. The molecule has 0 aliphatic heterocycles. The van der Waals surface area contributed by atoms with Crippen molar-refractivity contribution in [1.82, 2.24) is 15.6 Å². The van der Waals surface area contributed by atoms with Crippen LogP contribution in [0.1, 0.15) is 73.7 Å². The van der Waals surface area contributed by atoms with E-state index in [-0.39, 0.29) is 35.6 Å². The second-order valence-corrected chi connectivity index (χ2v) is 12.7. The molecule has 0 unspecified atom stereocenters. The number of methoxy groups -OCH3 is 1. The number of hydrogen-bond donors (Lipinski definition) is 6. The molecule has 3 atom stereocenters. The second kappa shape index (κ2) is 16.0. The number of aromatic nitrogens is 1. The van der Waals surface area contributed by atoms with Gasteiger partial charge < -0.3 is 41.2 Å². The smallest absolute Gasteiger partial charge is 0.341 e. The number of nitrogens with two attached hydrogens (primary N) is 1. The van der Waals surface area contributed by atoms with Crippen LogP contribution in [0.25, 0.3) is 10.9 Å². The minimum absolute atomic E-state index is 0.0879. The molecule has 0 aliphatic carbocycles. The fraction of sp³-hybridized carbons (Fsp3) is 0.412. The number of H-pyrrole nitrogens is 1. The summed E-state index contributed by atoms with van der Waals surface area (Å²) in [5.74, 6) is -5.73. The maximum absolute atomic E-state index is 13.5. The first kappa shape index (κ1) is 37.2. The number of ether oxygens (including phenoxy) is 2. The minimum Gasteiger partial charge on any atom is -0.481 e. The topological polar surface area (TPSA) is 219 Å². The number of rotatable bonds is 14. The summed E-state index contributed by atoms with van der Waals surface area (Å²) in [5, 5.41) is 18.0. The summed E-state index contributed by atoms with van der Waals surface area (Å²) < 4.78 is 10.2. The number of carbonyl (C=O) groups is 6. The van der Waals surface area contributed by atoms with Crippen molar-refractivity contribution in [3.05, 3.63) is 65.4 Å². The molecule has 258 valence electrons. The standard InChI is InChI=1S/C34H43N5O9/c1-18(2)14-25(38-29(42)22(35)15-19-17-36-23-12-8-7-10-20(19)23)30(43)39-26(16-27(40)41)31(44)37-24-13-9-11-21(32(45)47-6)28(24)33(46)48-34(3,4)5/h7-13,17-18,22,25-26,36H,14-16,35H2,1-6H3,(H,37,44)(H,38,42)(H,39,43)(H,40,41)/t22-,25-,26-/m0/s1. The number of para-hydroxylation sites is 1. The molecule has 3 rings (SSSR count). The number of esters is 2. The monoisotopic (exact) mass is 665 g/mol. The number of amides is 3. The molecule has 0 spiro atoms. The van der Waals surface area contributed by atoms with Crippen molar-refractivity contribution in [3.8, 4) is 0 Å². The highest BCUT2D eigenvalue weighted by Gasteiger charge is 2.32. The van der Waals surface area contributed by atoms with Crippen molar-refractivity contribution in [1.29, 1.82) is 0 Å². The van der Waals surface area contributed by atoms with Gasteiger partial charge in [-0.1, -0.05) is 38.1 Å². The number of hydrogen-bond acceptors (Lipinski definition) is 9. The highest BCUT2D eigenvalue weighted by Crippen LogP contribution is 2.25. The maximum atomic E-state index is 13.5. The van der Waals surface area contributed by atoms with Gasteiger partial charge in [0.25, 0.3) is 0 Å². The van der Waals surface area contributed by atoms with Gasteiger partial charge >= 0.3 is 17.9 Å². The maximum Gasteiger partial charge on any atom is 0.341 e. The van der Waals surface area contributed by atoms with Crippen LogP contribution in [-0.4, -0.2) is 76.6 Å². The minimum atomic E-state index is -1.64. The molecule has 2 aromatic carbocycles. The van der Waals surface area contributed by atoms with Gasteiger partial charge in [0.1, 0.15) is 17.7 Å². The lowest BCUT2D eigenvalue weighted by molar-refractivity contribution is -0.140. The van der Waals surface area contributed by atoms with Crippen LogP contribution in [0.15, 0.2) is 48.7 Å². The van der Waals surface area contributed by atoms with Gasteiger partial charge in [0, 0.05) is 17.1 Å². The zero-order valence-corrected chi connectivity index (χ0v) is 27.8. The average Bonchev–Trinajstić information content (AvgIpc) is 3.40. The van der Waals surface area contributed by atoms with Crippen LogP contribution in [0.2, 0.25) is 0 Å². The first-order valence-corrected chi connectivity index (χ1v) is 15.4. The van der Waals surface area contributed by atoms with Crippen LogP contribution in [0.4, 0.5) is 5.69 Å². The summed E-state index contributed by atoms with van der Waals surface area (Å²) in [4.78, 5) is 80.7. The van der Waals surface area contributed by atoms with Gasteiger partial charge in [-0.3, -0.25) is 19.2 Å². The lowest BCUT2D eigenvalue weighted by atomic mass is 10.0. The quantitative estimate of drug-likeness (QED) is 0.138. The van der Waals surface area contributed by atoms with Crippen LogP contribution >= 0.6 is 0 Å². The first-order valence-electron chi connectivity index (χ1n) is 15.4. The molecule has 48 heavy (non-hydrogen) atoms. The molecule has 0 saturated heterocycles. The molecule has 0 radical (unpaired) electrons. The molecule has 3 amide bonds. The molecule has 0 aliphatic rings. The molecular weight excluding hydrogens is 622 g/mol. The van der Waals surface area contributed by atoms with Gasteiger partial charge in [-0.2, -0.15) is 0 Å². The first-order chi connectivity index (χ1) is 22.5. The summed E-state index contributed by atoms with van der Waals surface area (Å²) >= 11 is 0. The van der Waals surface area contributed by atoms with Crippen LogP contribution in [0.5, 0.6) is 0 Å². The Labute approximate surface area is 278 Å². The Hall–Kier alpha value is -5.24. The Balaban J connectivity index is 1.83. The number of carbonyl (C=O) groups excluding carboxylic acids is 5. The summed E-state index contributed by atoms with van der Waals surface area (Å²) in [5.41, 5.74) is 6.28. The van der Waals surface area contributed by atoms with E-state index in [0.717, 1.165) is 23.6 Å². The van der Waals surface area contributed by atoms with Gasteiger partial charge in [-0.05, 0) is 63.3 Å². The molecule has 7 N–H and O–H groups in total. The number of benzene rings is 2. The zero-order valence-electron chi connectivity index (χ0n) is 27.8. The Morgan fingerprint density at radius 3 is 2.19 bits per heavy atom. The van der Waals surface area contributed by atoms with E-state index in [2.05, 4.69) is 20.9 Å². The van der Waals surface area contributed by atoms with E-state index in [0.29, 0.717) is 0 Å². The van der Waals surface area contributed by atoms with E-state index in [1.165, 1.54) is 18.2 Å². The summed E-state index contributed by atoms with van der Waals surface area (Å²) in [6.45, 7) is 8.50. The highest BCUT2D eigenvalue weighted by atomic mass is 16.6. The number of aromatic amines is 1. The molecule has 14 heteroatoms. The van der Waals surface area contributed by atoms with E-state index in [1.54, 1.807) is 27.0 Å². The number of nitrogens with one attached hydrogen (secondary N) is 4. The molecule has 14 nitrogen and oxygen atoms in total. The Bertz CT molecular complexity index is 1670. The van der Waals surface area contributed by atoms with Gasteiger partial charge in [0.2, 0.25) is 17.7 Å². The molecule has 1 aromatic heterocycles. The third-order valence-electron chi connectivity index (χ3n) is 7.13. The van der Waals surface area contributed by atoms with Crippen LogP contribution in [-0.2, 0) is 35.1 Å².